The Hall–Kier alpha value is -4.55. The van der Waals surface area contributed by atoms with Crippen molar-refractivity contribution >= 4 is 54.7 Å². The van der Waals surface area contributed by atoms with E-state index in [4.69, 9.17) is 19.2 Å². The van der Waals surface area contributed by atoms with Crippen molar-refractivity contribution in [3.8, 4) is 28.6 Å². The van der Waals surface area contributed by atoms with Crippen LogP contribution in [-0.2, 0) is 6.61 Å². The molecule has 0 aliphatic rings. The maximum absolute atomic E-state index is 13.8. The van der Waals surface area contributed by atoms with Gasteiger partial charge >= 0.3 is 5.69 Å². The Balaban J connectivity index is 1.63. The Morgan fingerprint density at radius 1 is 1.02 bits per heavy atom. The van der Waals surface area contributed by atoms with Gasteiger partial charge in [-0.3, -0.25) is 14.9 Å². The lowest BCUT2D eigenvalue weighted by atomic mass is 9.96. The van der Waals surface area contributed by atoms with E-state index in [1.807, 2.05) is 43.3 Å². The largest absolute Gasteiger partial charge is 0.496 e. The van der Waals surface area contributed by atoms with Gasteiger partial charge in [0.05, 0.1) is 36.3 Å². The monoisotopic (exact) mass is 748 g/mol. The van der Waals surface area contributed by atoms with Crippen molar-refractivity contribution in [2.75, 3.05) is 14.2 Å². The number of benzene rings is 4. The molecule has 12 heteroatoms. The van der Waals surface area contributed by atoms with Crippen LogP contribution in [0, 0.1) is 17.0 Å². The predicted molar refractivity (Wildman–Crippen MR) is 186 cm³/mol. The molecular weight excluding hydrogens is 720 g/mol. The van der Waals surface area contributed by atoms with Crippen molar-refractivity contribution < 1.29 is 19.1 Å². The van der Waals surface area contributed by atoms with Crippen LogP contribution in [0.1, 0.15) is 42.0 Å². The summed E-state index contributed by atoms with van der Waals surface area (Å²) in [6.45, 7) is 6.08. The molecule has 0 spiro atoms. The summed E-state index contributed by atoms with van der Waals surface area (Å²) in [7, 11) is 3.02. The van der Waals surface area contributed by atoms with E-state index in [9.17, 15) is 14.9 Å². The predicted octanol–water partition coefficient (Wildman–Crippen LogP) is 8.41. The van der Waals surface area contributed by atoms with Crippen molar-refractivity contribution in [1.29, 1.82) is 0 Å². The van der Waals surface area contributed by atoms with Crippen LogP contribution in [0.2, 0.25) is 0 Å². The number of hydrogen-bond acceptors (Lipinski definition) is 8. The molecule has 0 saturated carbocycles. The molecule has 0 saturated heterocycles. The molecule has 0 aliphatic heterocycles. The van der Waals surface area contributed by atoms with Crippen LogP contribution in [0.15, 0.2) is 85.6 Å². The number of fused-ring (bicyclic) bond motifs is 1. The molecule has 0 radical (unpaired) electrons. The molecule has 10 nitrogen and oxygen atoms in total. The van der Waals surface area contributed by atoms with Gasteiger partial charge in [-0.15, -0.1) is 0 Å². The summed E-state index contributed by atoms with van der Waals surface area (Å²) in [6.07, 6.45) is 1.37. The number of rotatable bonds is 10. The molecule has 0 atom stereocenters. The minimum absolute atomic E-state index is 0.0280. The van der Waals surface area contributed by atoms with E-state index in [0.29, 0.717) is 27.9 Å². The summed E-state index contributed by atoms with van der Waals surface area (Å²) in [5, 5.41) is 17.1. The van der Waals surface area contributed by atoms with Crippen LogP contribution in [0.4, 0.5) is 5.69 Å². The average molecular weight is 750 g/mol. The van der Waals surface area contributed by atoms with Crippen molar-refractivity contribution in [3.63, 3.8) is 0 Å². The minimum Gasteiger partial charge on any atom is -0.496 e. The first-order valence-corrected chi connectivity index (χ1v) is 15.8. The summed E-state index contributed by atoms with van der Waals surface area (Å²) in [4.78, 5) is 30.3. The highest BCUT2D eigenvalue weighted by Gasteiger charge is 2.23. The van der Waals surface area contributed by atoms with Crippen LogP contribution in [0.25, 0.3) is 22.3 Å². The normalized spacial score (nSPS) is 11.4. The van der Waals surface area contributed by atoms with Crippen LogP contribution in [0.3, 0.4) is 0 Å². The van der Waals surface area contributed by atoms with Crippen LogP contribution < -0.4 is 19.8 Å². The van der Waals surface area contributed by atoms with Crippen LogP contribution >= 0.6 is 31.9 Å². The topological polar surface area (TPSA) is 118 Å². The van der Waals surface area contributed by atoms with E-state index in [1.54, 1.807) is 31.4 Å². The molecule has 0 N–H and O–H groups in total. The second-order valence-corrected chi connectivity index (χ2v) is 12.5. The van der Waals surface area contributed by atoms with Crippen LogP contribution in [0.5, 0.6) is 17.2 Å². The molecule has 46 heavy (non-hydrogen) atoms. The number of para-hydroxylation sites is 1. The second-order valence-electron chi connectivity index (χ2n) is 10.7. The highest BCUT2D eigenvalue weighted by atomic mass is 79.9. The van der Waals surface area contributed by atoms with Gasteiger partial charge in [0.1, 0.15) is 12.4 Å². The SMILES string of the molecule is COc1cc(C)c(-c2nc3ccccc3c(=O)n2N=Cc2cc(OC)c(OCc3ccc(Br)cc3Br)c([N+](=O)[O-])c2)cc1C(C)C. The Kier molecular flexibility index (Phi) is 9.88. The highest BCUT2D eigenvalue weighted by Crippen LogP contribution is 2.39. The quantitative estimate of drug-likeness (QED) is 0.0800. The number of hydrogen-bond donors (Lipinski definition) is 0. The number of nitro groups is 1. The lowest BCUT2D eigenvalue weighted by Crippen LogP contribution is -2.21. The molecule has 0 fully saturated rings. The first-order chi connectivity index (χ1) is 22.0. The van der Waals surface area contributed by atoms with Crippen molar-refractivity contribution in [2.24, 2.45) is 5.10 Å². The molecule has 4 aromatic carbocycles. The second kappa shape index (κ2) is 13.8. The average Bonchev–Trinajstić information content (AvgIpc) is 3.03. The van der Waals surface area contributed by atoms with Crippen molar-refractivity contribution in [3.05, 3.63) is 118 Å². The Bertz CT molecular complexity index is 2060. The number of methoxy groups -OCH3 is 2. The summed E-state index contributed by atoms with van der Waals surface area (Å²) < 4.78 is 19.9. The molecule has 0 bridgehead atoms. The fourth-order valence-electron chi connectivity index (χ4n) is 5.00. The van der Waals surface area contributed by atoms with Gasteiger partial charge in [0, 0.05) is 31.7 Å². The number of aromatic nitrogens is 2. The summed E-state index contributed by atoms with van der Waals surface area (Å²) >= 11 is 6.91. The zero-order chi connectivity index (χ0) is 33.1. The smallest absolute Gasteiger partial charge is 0.315 e. The fraction of sp³-hybridized carbons (Fsp3) is 0.206. The number of nitro benzene ring substituents is 1. The van der Waals surface area contributed by atoms with E-state index < -0.39 is 4.92 Å². The maximum atomic E-state index is 13.8. The summed E-state index contributed by atoms with van der Waals surface area (Å²) in [6, 6.07) is 19.4. The maximum Gasteiger partial charge on any atom is 0.315 e. The third-order valence-electron chi connectivity index (χ3n) is 7.38. The lowest BCUT2D eigenvalue weighted by molar-refractivity contribution is -0.386. The van der Waals surface area contributed by atoms with Crippen molar-refractivity contribution in [2.45, 2.75) is 33.3 Å². The number of halogens is 2. The highest BCUT2D eigenvalue weighted by molar-refractivity contribution is 9.11. The van der Waals surface area contributed by atoms with Gasteiger partial charge in [-0.1, -0.05) is 63.9 Å². The molecule has 0 aliphatic carbocycles. The Labute approximate surface area is 282 Å². The molecule has 1 heterocycles. The third-order valence-corrected chi connectivity index (χ3v) is 8.61. The zero-order valence-electron chi connectivity index (χ0n) is 25.7. The zero-order valence-corrected chi connectivity index (χ0v) is 28.9. The van der Waals surface area contributed by atoms with Gasteiger partial charge < -0.3 is 14.2 Å². The van der Waals surface area contributed by atoms with Crippen LogP contribution in [-0.4, -0.2) is 35.0 Å². The van der Waals surface area contributed by atoms with Gasteiger partial charge in [-0.2, -0.15) is 9.78 Å². The molecule has 5 rings (SSSR count). The minimum atomic E-state index is -0.546. The molecule has 1 aromatic heterocycles. The molecule has 236 valence electrons. The standard InChI is InChI=1S/C34H30Br2N4O6/c1-19(2)25-16-26(20(3)12-30(25)44-4)33-38-28-9-7-6-8-24(28)34(41)39(33)37-17-21-13-29(40(42)43)32(31(14-21)45-5)46-18-22-10-11-23(35)15-27(22)36/h6-17,19H,18H2,1-5H3. The van der Waals surface area contributed by atoms with E-state index in [1.165, 1.54) is 24.1 Å². The first-order valence-electron chi connectivity index (χ1n) is 14.2. The Morgan fingerprint density at radius 3 is 2.43 bits per heavy atom. The van der Waals surface area contributed by atoms with Gasteiger partial charge in [0.15, 0.2) is 11.6 Å². The molecule has 0 amide bonds. The number of nitrogens with zero attached hydrogens (tertiary/aromatic N) is 4. The summed E-state index contributed by atoms with van der Waals surface area (Å²) in [5.74, 6) is 1.31. The van der Waals surface area contributed by atoms with Gasteiger partial charge in [0.25, 0.3) is 5.56 Å². The van der Waals surface area contributed by atoms with Gasteiger partial charge in [-0.25, -0.2) is 4.98 Å². The van der Waals surface area contributed by atoms with Gasteiger partial charge in [-0.05, 0) is 66.4 Å². The molecular formula is C34H30Br2N4O6. The van der Waals surface area contributed by atoms with Crippen molar-refractivity contribution in [1.82, 2.24) is 9.66 Å². The summed E-state index contributed by atoms with van der Waals surface area (Å²) in [5.41, 5.74) is 3.42. The van der Waals surface area contributed by atoms with E-state index >= 15 is 0 Å². The van der Waals surface area contributed by atoms with E-state index in [-0.39, 0.29) is 35.3 Å². The third kappa shape index (κ3) is 6.68. The van der Waals surface area contributed by atoms with E-state index in [2.05, 4.69) is 50.8 Å². The number of aryl methyl sites for hydroxylation is 1. The lowest BCUT2D eigenvalue weighted by Gasteiger charge is -2.17. The van der Waals surface area contributed by atoms with Gasteiger partial charge in [0.2, 0.25) is 5.75 Å². The number of ether oxygens (including phenoxy) is 3. The van der Waals surface area contributed by atoms with E-state index in [0.717, 1.165) is 31.4 Å². The molecule has 0 unspecified atom stereocenters. The first kappa shape index (κ1) is 32.8. The molecule has 5 aromatic rings. The Morgan fingerprint density at radius 2 is 1.76 bits per heavy atom. The fourth-order valence-corrected chi connectivity index (χ4v) is 6.16.